The topological polar surface area (TPSA) is 159 Å². The fourth-order valence-corrected chi connectivity index (χ4v) is 2.11. The van der Waals surface area contributed by atoms with Gasteiger partial charge in [0.1, 0.15) is 12.1 Å². The summed E-state index contributed by atoms with van der Waals surface area (Å²) in [6, 6.07) is 6.46. The first-order valence-corrected chi connectivity index (χ1v) is 7.61. The average molecular weight is 351 g/mol. The third-order valence-corrected chi connectivity index (χ3v) is 3.38. The van der Waals surface area contributed by atoms with Crippen LogP contribution in [0.4, 0.5) is 0 Å². The van der Waals surface area contributed by atoms with Crippen molar-refractivity contribution in [3.8, 4) is 0 Å². The Bertz CT molecular complexity index is 620. The summed E-state index contributed by atoms with van der Waals surface area (Å²) in [5.41, 5.74) is 6.00. The number of benzene rings is 1. The second kappa shape index (κ2) is 10.0. The first-order chi connectivity index (χ1) is 11.8. The molecule has 6 N–H and O–H groups in total. The van der Waals surface area contributed by atoms with Crippen LogP contribution in [-0.2, 0) is 25.6 Å². The van der Waals surface area contributed by atoms with E-state index < -0.39 is 42.3 Å². The fourth-order valence-electron chi connectivity index (χ4n) is 2.11. The van der Waals surface area contributed by atoms with Crippen molar-refractivity contribution < 1.29 is 29.4 Å². The SMILES string of the molecule is NCC(=O)NC(Cc1ccccc1)C(=O)NC(CCC(=O)O)C(=O)O. The molecule has 136 valence electrons. The van der Waals surface area contributed by atoms with Gasteiger partial charge in [0.15, 0.2) is 0 Å². The zero-order valence-corrected chi connectivity index (χ0v) is 13.5. The van der Waals surface area contributed by atoms with Crippen molar-refractivity contribution in [1.82, 2.24) is 10.6 Å². The van der Waals surface area contributed by atoms with Gasteiger partial charge < -0.3 is 26.6 Å². The minimum absolute atomic E-state index is 0.143. The van der Waals surface area contributed by atoms with Crippen LogP contribution in [0.15, 0.2) is 30.3 Å². The monoisotopic (exact) mass is 351 g/mol. The molecule has 0 radical (unpaired) electrons. The molecular weight excluding hydrogens is 330 g/mol. The van der Waals surface area contributed by atoms with Crippen LogP contribution in [0.1, 0.15) is 18.4 Å². The molecule has 1 rings (SSSR count). The molecule has 0 heterocycles. The predicted octanol–water partition coefficient (Wildman–Crippen LogP) is -0.893. The molecule has 0 aromatic heterocycles. The molecule has 0 saturated carbocycles. The van der Waals surface area contributed by atoms with Gasteiger partial charge in [-0.25, -0.2) is 4.79 Å². The summed E-state index contributed by atoms with van der Waals surface area (Å²) < 4.78 is 0. The largest absolute Gasteiger partial charge is 0.481 e. The maximum atomic E-state index is 12.4. The molecule has 2 atom stereocenters. The number of rotatable bonds is 10. The number of carboxylic acid groups (broad SMARTS) is 2. The highest BCUT2D eigenvalue weighted by Gasteiger charge is 2.26. The van der Waals surface area contributed by atoms with Crippen LogP contribution in [-0.4, -0.2) is 52.6 Å². The molecule has 2 amide bonds. The lowest BCUT2D eigenvalue weighted by Crippen LogP contribution is -2.53. The Hall–Kier alpha value is -2.94. The molecule has 9 nitrogen and oxygen atoms in total. The van der Waals surface area contributed by atoms with Crippen LogP contribution < -0.4 is 16.4 Å². The number of amides is 2. The Kier molecular flexibility index (Phi) is 8.07. The lowest BCUT2D eigenvalue weighted by molar-refractivity contribution is -0.143. The van der Waals surface area contributed by atoms with Crippen LogP contribution in [0.5, 0.6) is 0 Å². The Balaban J connectivity index is 2.83. The second-order valence-electron chi connectivity index (χ2n) is 5.35. The molecule has 0 bridgehead atoms. The summed E-state index contributed by atoms with van der Waals surface area (Å²) in [6.45, 7) is -0.320. The Morgan fingerprint density at radius 2 is 1.64 bits per heavy atom. The quantitative estimate of drug-likeness (QED) is 0.365. The molecule has 25 heavy (non-hydrogen) atoms. The van der Waals surface area contributed by atoms with Crippen LogP contribution in [0, 0.1) is 0 Å². The van der Waals surface area contributed by atoms with Crippen LogP contribution in [0.2, 0.25) is 0 Å². The zero-order valence-electron chi connectivity index (χ0n) is 13.5. The Labute approximate surface area is 144 Å². The van der Waals surface area contributed by atoms with Crippen molar-refractivity contribution in [1.29, 1.82) is 0 Å². The number of carbonyl (C=O) groups excluding carboxylic acids is 2. The van der Waals surface area contributed by atoms with E-state index in [0.717, 1.165) is 5.56 Å². The van der Waals surface area contributed by atoms with E-state index in [1.807, 2.05) is 0 Å². The van der Waals surface area contributed by atoms with Gasteiger partial charge in [-0.05, 0) is 12.0 Å². The van der Waals surface area contributed by atoms with Crippen molar-refractivity contribution >= 4 is 23.8 Å². The molecule has 0 fully saturated rings. The van der Waals surface area contributed by atoms with E-state index in [2.05, 4.69) is 10.6 Å². The summed E-state index contributed by atoms with van der Waals surface area (Å²) in [7, 11) is 0. The summed E-state index contributed by atoms with van der Waals surface area (Å²) in [5.74, 6) is -3.80. The summed E-state index contributed by atoms with van der Waals surface area (Å²) in [4.78, 5) is 45.7. The van der Waals surface area contributed by atoms with Crippen molar-refractivity contribution in [2.75, 3.05) is 6.54 Å². The predicted molar refractivity (Wildman–Crippen MR) is 87.6 cm³/mol. The minimum atomic E-state index is -1.36. The molecule has 0 aliphatic heterocycles. The van der Waals surface area contributed by atoms with E-state index in [-0.39, 0.29) is 19.4 Å². The van der Waals surface area contributed by atoms with Crippen LogP contribution in [0.3, 0.4) is 0 Å². The van der Waals surface area contributed by atoms with Gasteiger partial charge in [-0.2, -0.15) is 0 Å². The molecule has 0 aliphatic rings. The van der Waals surface area contributed by atoms with E-state index >= 15 is 0 Å². The number of nitrogens with two attached hydrogens (primary N) is 1. The van der Waals surface area contributed by atoms with Crippen LogP contribution >= 0.6 is 0 Å². The first kappa shape index (κ1) is 20.1. The fraction of sp³-hybridized carbons (Fsp3) is 0.375. The van der Waals surface area contributed by atoms with Crippen molar-refractivity contribution in [3.63, 3.8) is 0 Å². The molecule has 0 aliphatic carbocycles. The first-order valence-electron chi connectivity index (χ1n) is 7.61. The highest BCUT2D eigenvalue weighted by molar-refractivity contribution is 5.91. The molecule has 2 unspecified atom stereocenters. The normalized spacial score (nSPS) is 12.7. The van der Waals surface area contributed by atoms with E-state index in [1.165, 1.54) is 0 Å². The third-order valence-electron chi connectivity index (χ3n) is 3.38. The molecule has 1 aromatic rings. The summed E-state index contributed by atoms with van der Waals surface area (Å²) in [6.07, 6.45) is -0.529. The van der Waals surface area contributed by atoms with Crippen molar-refractivity contribution in [2.45, 2.75) is 31.3 Å². The van der Waals surface area contributed by atoms with E-state index in [0.29, 0.717) is 0 Å². The van der Waals surface area contributed by atoms with Gasteiger partial charge in [0.05, 0.1) is 6.54 Å². The summed E-state index contributed by atoms with van der Waals surface area (Å²) >= 11 is 0. The van der Waals surface area contributed by atoms with Crippen molar-refractivity contribution in [2.24, 2.45) is 5.73 Å². The molecular formula is C16H21N3O6. The maximum absolute atomic E-state index is 12.4. The van der Waals surface area contributed by atoms with Gasteiger partial charge in [-0.15, -0.1) is 0 Å². The Morgan fingerprint density at radius 1 is 1.00 bits per heavy atom. The summed E-state index contributed by atoms with van der Waals surface area (Å²) in [5, 5.41) is 22.5. The number of carbonyl (C=O) groups is 4. The number of hydrogen-bond acceptors (Lipinski definition) is 5. The molecule has 0 saturated heterocycles. The molecule has 0 spiro atoms. The minimum Gasteiger partial charge on any atom is -0.481 e. The third kappa shape index (κ3) is 7.44. The van der Waals surface area contributed by atoms with Gasteiger partial charge in [-0.1, -0.05) is 30.3 Å². The van der Waals surface area contributed by atoms with E-state index in [9.17, 15) is 19.2 Å². The van der Waals surface area contributed by atoms with Crippen LogP contribution in [0.25, 0.3) is 0 Å². The number of aliphatic carboxylic acids is 2. The van der Waals surface area contributed by atoms with Crippen molar-refractivity contribution in [3.05, 3.63) is 35.9 Å². The van der Waals surface area contributed by atoms with Gasteiger partial charge >= 0.3 is 11.9 Å². The maximum Gasteiger partial charge on any atom is 0.326 e. The van der Waals surface area contributed by atoms with E-state index in [1.54, 1.807) is 30.3 Å². The highest BCUT2D eigenvalue weighted by atomic mass is 16.4. The van der Waals surface area contributed by atoms with E-state index in [4.69, 9.17) is 15.9 Å². The molecule has 9 heteroatoms. The number of nitrogens with one attached hydrogen (secondary N) is 2. The Morgan fingerprint density at radius 3 is 2.16 bits per heavy atom. The van der Waals surface area contributed by atoms with Gasteiger partial charge in [-0.3, -0.25) is 14.4 Å². The highest BCUT2D eigenvalue weighted by Crippen LogP contribution is 2.05. The van der Waals surface area contributed by atoms with Gasteiger partial charge in [0, 0.05) is 12.8 Å². The number of carboxylic acids is 2. The number of hydrogen-bond donors (Lipinski definition) is 5. The average Bonchev–Trinajstić information content (AvgIpc) is 2.58. The zero-order chi connectivity index (χ0) is 18.8. The lowest BCUT2D eigenvalue weighted by Gasteiger charge is -2.21. The molecule has 1 aromatic carbocycles. The van der Waals surface area contributed by atoms with Gasteiger partial charge in [0.2, 0.25) is 11.8 Å². The van der Waals surface area contributed by atoms with Gasteiger partial charge in [0.25, 0.3) is 0 Å². The smallest absolute Gasteiger partial charge is 0.326 e. The lowest BCUT2D eigenvalue weighted by atomic mass is 10.0. The second-order valence-corrected chi connectivity index (χ2v) is 5.35. The standard InChI is InChI=1S/C16H21N3O6/c17-9-13(20)18-12(8-10-4-2-1-3-5-10)15(23)19-11(16(24)25)6-7-14(21)22/h1-5,11-12H,6-9,17H2,(H,18,20)(H,19,23)(H,21,22)(H,24,25).